The molecule has 2 atom stereocenters. The van der Waals surface area contributed by atoms with E-state index in [2.05, 4.69) is 34.2 Å². The molecule has 1 saturated heterocycles. The third-order valence-corrected chi connectivity index (χ3v) is 2.98. The lowest BCUT2D eigenvalue weighted by molar-refractivity contribution is 0.174. The van der Waals surface area contributed by atoms with E-state index in [1.807, 2.05) is 6.20 Å². The molecule has 1 fully saturated rings. The zero-order valence-corrected chi connectivity index (χ0v) is 8.83. The highest BCUT2D eigenvalue weighted by Crippen LogP contribution is 2.07. The average molecular weight is 194 g/mol. The third-order valence-electron chi connectivity index (χ3n) is 2.98. The number of rotatable bonds is 2. The van der Waals surface area contributed by atoms with Crippen LogP contribution in [0.2, 0.25) is 0 Å². The number of aromatic nitrogens is 2. The van der Waals surface area contributed by atoms with E-state index in [0.717, 1.165) is 19.5 Å². The number of hydrogen-bond acceptors (Lipinski definition) is 3. The summed E-state index contributed by atoms with van der Waals surface area (Å²) in [5, 5.41) is 3.55. The van der Waals surface area contributed by atoms with Gasteiger partial charge in [0.1, 0.15) is 0 Å². The Bertz CT molecular complexity index is 270. The summed E-state index contributed by atoms with van der Waals surface area (Å²) in [5.74, 6) is 0. The first-order valence-electron chi connectivity index (χ1n) is 5.16. The molecule has 14 heavy (non-hydrogen) atoms. The second-order valence-corrected chi connectivity index (χ2v) is 4.17. The summed E-state index contributed by atoms with van der Waals surface area (Å²) in [6.45, 7) is 4.44. The average Bonchev–Trinajstić information content (AvgIpc) is 2.64. The molecule has 2 rings (SSSR count). The van der Waals surface area contributed by atoms with Crippen molar-refractivity contribution in [2.24, 2.45) is 0 Å². The van der Waals surface area contributed by atoms with Crippen LogP contribution in [-0.2, 0) is 6.42 Å². The third kappa shape index (κ3) is 2.13. The molecule has 1 aromatic heterocycles. The van der Waals surface area contributed by atoms with Crippen LogP contribution in [0.25, 0.3) is 0 Å². The van der Waals surface area contributed by atoms with Crippen molar-refractivity contribution < 1.29 is 0 Å². The van der Waals surface area contributed by atoms with Gasteiger partial charge in [-0.3, -0.25) is 0 Å². The summed E-state index contributed by atoms with van der Waals surface area (Å²) in [7, 11) is 2.19. The van der Waals surface area contributed by atoms with Crippen molar-refractivity contribution in [1.82, 2.24) is 20.2 Å². The van der Waals surface area contributed by atoms with Crippen molar-refractivity contribution >= 4 is 0 Å². The Morgan fingerprint density at radius 1 is 1.64 bits per heavy atom. The van der Waals surface area contributed by atoms with Gasteiger partial charge in [-0.25, -0.2) is 4.98 Å². The molecule has 1 aliphatic heterocycles. The van der Waals surface area contributed by atoms with E-state index in [-0.39, 0.29) is 0 Å². The van der Waals surface area contributed by atoms with Gasteiger partial charge >= 0.3 is 0 Å². The van der Waals surface area contributed by atoms with Crippen LogP contribution in [0.15, 0.2) is 12.5 Å². The Morgan fingerprint density at radius 2 is 2.50 bits per heavy atom. The van der Waals surface area contributed by atoms with Crippen molar-refractivity contribution in [1.29, 1.82) is 0 Å². The Hall–Kier alpha value is -0.870. The Balaban J connectivity index is 1.88. The SMILES string of the molecule is CC1CNC(Cc2cnc[nH]2)CN1C. The number of aromatic amines is 1. The molecule has 0 aromatic carbocycles. The van der Waals surface area contributed by atoms with Gasteiger partial charge < -0.3 is 15.2 Å². The molecular formula is C10H18N4. The molecule has 2 N–H and O–H groups in total. The van der Waals surface area contributed by atoms with Crippen LogP contribution in [0.5, 0.6) is 0 Å². The highest BCUT2D eigenvalue weighted by atomic mass is 15.2. The lowest BCUT2D eigenvalue weighted by atomic mass is 10.1. The molecule has 0 spiro atoms. The van der Waals surface area contributed by atoms with Gasteiger partial charge in [0, 0.05) is 43.5 Å². The minimum Gasteiger partial charge on any atom is -0.348 e. The first-order chi connectivity index (χ1) is 6.75. The Morgan fingerprint density at radius 3 is 3.14 bits per heavy atom. The fourth-order valence-corrected chi connectivity index (χ4v) is 1.88. The van der Waals surface area contributed by atoms with E-state index in [4.69, 9.17) is 0 Å². The molecule has 4 nitrogen and oxygen atoms in total. The predicted octanol–water partition coefficient (Wildman–Crippen LogP) is 0.244. The fraction of sp³-hybridized carbons (Fsp3) is 0.700. The molecule has 0 saturated carbocycles. The van der Waals surface area contributed by atoms with Crippen LogP contribution in [0.3, 0.4) is 0 Å². The number of piperazine rings is 1. The molecule has 1 aromatic rings. The van der Waals surface area contributed by atoms with E-state index in [1.165, 1.54) is 5.69 Å². The largest absolute Gasteiger partial charge is 0.348 e. The number of H-pyrrole nitrogens is 1. The van der Waals surface area contributed by atoms with Crippen LogP contribution in [0.4, 0.5) is 0 Å². The molecule has 78 valence electrons. The highest BCUT2D eigenvalue weighted by Gasteiger charge is 2.21. The molecule has 2 unspecified atom stereocenters. The van der Waals surface area contributed by atoms with Gasteiger partial charge in [0.15, 0.2) is 0 Å². The first kappa shape index (κ1) is 9.68. The monoisotopic (exact) mass is 194 g/mol. The van der Waals surface area contributed by atoms with Crippen LogP contribution < -0.4 is 5.32 Å². The summed E-state index contributed by atoms with van der Waals surface area (Å²) in [4.78, 5) is 9.57. The summed E-state index contributed by atoms with van der Waals surface area (Å²) >= 11 is 0. The van der Waals surface area contributed by atoms with Gasteiger partial charge in [-0.15, -0.1) is 0 Å². The second-order valence-electron chi connectivity index (χ2n) is 4.17. The van der Waals surface area contributed by atoms with Gasteiger partial charge in [-0.1, -0.05) is 0 Å². The van der Waals surface area contributed by atoms with E-state index >= 15 is 0 Å². The first-order valence-corrected chi connectivity index (χ1v) is 5.16. The van der Waals surface area contributed by atoms with Crippen LogP contribution in [0.1, 0.15) is 12.6 Å². The number of nitrogens with zero attached hydrogens (tertiary/aromatic N) is 2. The van der Waals surface area contributed by atoms with Crippen LogP contribution in [-0.4, -0.2) is 47.1 Å². The van der Waals surface area contributed by atoms with Gasteiger partial charge in [-0.2, -0.15) is 0 Å². The summed E-state index contributed by atoms with van der Waals surface area (Å²) < 4.78 is 0. The number of hydrogen-bond donors (Lipinski definition) is 2. The van der Waals surface area contributed by atoms with E-state index in [0.29, 0.717) is 12.1 Å². The van der Waals surface area contributed by atoms with Crippen molar-refractivity contribution in [3.05, 3.63) is 18.2 Å². The van der Waals surface area contributed by atoms with Crippen LogP contribution in [0, 0.1) is 0 Å². The van der Waals surface area contributed by atoms with Gasteiger partial charge in [0.2, 0.25) is 0 Å². The maximum absolute atomic E-state index is 4.02. The quantitative estimate of drug-likeness (QED) is 0.709. The van der Waals surface area contributed by atoms with E-state index < -0.39 is 0 Å². The van der Waals surface area contributed by atoms with Crippen molar-refractivity contribution in [2.45, 2.75) is 25.4 Å². The topological polar surface area (TPSA) is 44.0 Å². The number of nitrogens with one attached hydrogen (secondary N) is 2. The smallest absolute Gasteiger partial charge is 0.0921 e. The molecule has 4 heteroatoms. The highest BCUT2D eigenvalue weighted by molar-refractivity contribution is 4.99. The maximum atomic E-state index is 4.02. The zero-order chi connectivity index (χ0) is 9.97. The number of imidazole rings is 1. The van der Waals surface area contributed by atoms with Crippen molar-refractivity contribution in [3.63, 3.8) is 0 Å². The van der Waals surface area contributed by atoms with Crippen molar-refractivity contribution in [3.8, 4) is 0 Å². The van der Waals surface area contributed by atoms with Crippen LogP contribution >= 0.6 is 0 Å². The predicted molar refractivity (Wildman–Crippen MR) is 56.2 cm³/mol. The minimum atomic E-state index is 0.552. The maximum Gasteiger partial charge on any atom is 0.0921 e. The molecule has 0 aliphatic carbocycles. The second kappa shape index (κ2) is 4.11. The van der Waals surface area contributed by atoms with Gasteiger partial charge in [-0.05, 0) is 14.0 Å². The Labute approximate surface area is 84.7 Å². The minimum absolute atomic E-state index is 0.552. The standard InChI is InChI=1S/C10H18N4/c1-8-4-12-10(6-14(8)2)3-9-5-11-7-13-9/h5,7-8,10,12H,3-4,6H2,1-2H3,(H,11,13). The lowest BCUT2D eigenvalue weighted by Crippen LogP contribution is -2.54. The van der Waals surface area contributed by atoms with E-state index in [1.54, 1.807) is 6.33 Å². The zero-order valence-electron chi connectivity index (χ0n) is 8.83. The summed E-state index contributed by atoms with van der Waals surface area (Å²) in [5.41, 5.74) is 1.21. The van der Waals surface area contributed by atoms with Gasteiger partial charge in [0.25, 0.3) is 0 Å². The molecule has 0 bridgehead atoms. The molecular weight excluding hydrogens is 176 g/mol. The number of likely N-dealkylation sites (N-methyl/N-ethyl adjacent to an activating group) is 1. The van der Waals surface area contributed by atoms with E-state index in [9.17, 15) is 0 Å². The molecule has 0 radical (unpaired) electrons. The van der Waals surface area contributed by atoms with Gasteiger partial charge in [0.05, 0.1) is 6.33 Å². The Kier molecular flexibility index (Phi) is 2.84. The summed E-state index contributed by atoms with van der Waals surface area (Å²) in [6.07, 6.45) is 4.68. The molecule has 1 aliphatic rings. The molecule has 2 heterocycles. The normalized spacial score (nSPS) is 29.3. The summed E-state index contributed by atoms with van der Waals surface area (Å²) in [6, 6.07) is 1.20. The lowest BCUT2D eigenvalue weighted by Gasteiger charge is -2.36. The van der Waals surface area contributed by atoms with Crippen molar-refractivity contribution in [2.75, 3.05) is 20.1 Å². The fourth-order valence-electron chi connectivity index (χ4n) is 1.88. The molecule has 0 amide bonds.